The van der Waals surface area contributed by atoms with Crippen LogP contribution < -0.4 is 5.32 Å². The third-order valence-electron chi connectivity index (χ3n) is 5.21. The summed E-state index contributed by atoms with van der Waals surface area (Å²) in [5.41, 5.74) is 1.50. The zero-order chi connectivity index (χ0) is 19.3. The van der Waals surface area contributed by atoms with Crippen molar-refractivity contribution in [3.63, 3.8) is 0 Å². The van der Waals surface area contributed by atoms with E-state index in [1.807, 2.05) is 64.0 Å². The molecule has 28 heavy (non-hydrogen) atoms. The second-order valence-electron chi connectivity index (χ2n) is 7.02. The zero-order valence-corrected chi connectivity index (χ0v) is 15.6. The van der Waals surface area contributed by atoms with E-state index < -0.39 is 0 Å². The number of nitrogens with zero attached hydrogens (tertiary/aromatic N) is 4. The van der Waals surface area contributed by atoms with Gasteiger partial charge in [0.25, 0.3) is 5.91 Å². The molecule has 1 saturated heterocycles. The molecule has 1 aromatic carbocycles. The molecule has 1 aliphatic rings. The first-order chi connectivity index (χ1) is 13.7. The lowest BCUT2D eigenvalue weighted by Gasteiger charge is -2.31. The highest BCUT2D eigenvalue weighted by atomic mass is 16.2. The molecular weight excluding hydrogens is 354 g/mol. The lowest BCUT2D eigenvalue weighted by molar-refractivity contribution is -0.126. The highest BCUT2D eigenvalue weighted by Crippen LogP contribution is 2.19. The number of carbonyl (C=O) groups excluding carboxylic acids is 2. The lowest BCUT2D eigenvalue weighted by atomic mass is 9.95. The fraction of sp³-hybridized carbons (Fsp3) is 0.333. The number of benzene rings is 1. The van der Waals surface area contributed by atoms with Crippen molar-refractivity contribution in [1.82, 2.24) is 24.8 Å². The minimum Gasteiger partial charge on any atom is -0.355 e. The Kier molecular flexibility index (Phi) is 5.32. The summed E-state index contributed by atoms with van der Waals surface area (Å²) in [6.07, 6.45) is 3.94. The maximum atomic E-state index is 12.5. The van der Waals surface area contributed by atoms with Crippen LogP contribution in [0.3, 0.4) is 0 Å². The smallest absolute Gasteiger partial charge is 0.253 e. The standard InChI is InChI=1S/C21H23N5O2/c27-20(22-12-9-19-24-23-18-8-4-5-13-26(18)19)16-10-14-25(15-11-16)21(28)17-6-2-1-3-7-17/h1-8,13,16H,9-12,14-15H2,(H,22,27). The summed E-state index contributed by atoms with van der Waals surface area (Å²) in [6.45, 7) is 1.75. The Morgan fingerprint density at radius 1 is 1.00 bits per heavy atom. The van der Waals surface area contributed by atoms with Crippen molar-refractivity contribution >= 4 is 17.5 Å². The molecule has 0 radical (unpaired) electrons. The van der Waals surface area contributed by atoms with Crippen molar-refractivity contribution in [3.8, 4) is 0 Å². The summed E-state index contributed by atoms with van der Waals surface area (Å²) in [5.74, 6) is 0.882. The molecule has 1 fully saturated rings. The molecular formula is C21H23N5O2. The molecule has 4 rings (SSSR count). The predicted octanol–water partition coefficient (Wildman–Crippen LogP) is 1.94. The number of hydrogen-bond acceptors (Lipinski definition) is 4. The van der Waals surface area contributed by atoms with Crippen molar-refractivity contribution in [2.24, 2.45) is 5.92 Å². The van der Waals surface area contributed by atoms with Crippen LogP contribution in [0.1, 0.15) is 29.0 Å². The summed E-state index contributed by atoms with van der Waals surface area (Å²) >= 11 is 0. The fourth-order valence-corrected chi connectivity index (χ4v) is 3.61. The van der Waals surface area contributed by atoms with E-state index in [0.717, 1.165) is 11.5 Å². The van der Waals surface area contributed by atoms with E-state index in [-0.39, 0.29) is 17.7 Å². The number of carbonyl (C=O) groups is 2. The summed E-state index contributed by atoms with van der Waals surface area (Å²) in [5, 5.41) is 11.3. The van der Waals surface area contributed by atoms with Crippen LogP contribution in [0.4, 0.5) is 0 Å². The maximum absolute atomic E-state index is 12.5. The zero-order valence-electron chi connectivity index (χ0n) is 15.6. The van der Waals surface area contributed by atoms with Gasteiger partial charge in [0.15, 0.2) is 5.65 Å². The Morgan fingerprint density at radius 2 is 1.75 bits per heavy atom. The summed E-state index contributed by atoms with van der Waals surface area (Å²) in [7, 11) is 0. The van der Waals surface area contributed by atoms with Gasteiger partial charge in [-0.3, -0.25) is 14.0 Å². The number of fused-ring (bicyclic) bond motifs is 1. The average Bonchev–Trinajstić information content (AvgIpc) is 3.17. The minimum atomic E-state index is -0.0463. The second kappa shape index (κ2) is 8.21. The number of amides is 2. The second-order valence-corrected chi connectivity index (χ2v) is 7.02. The van der Waals surface area contributed by atoms with Crippen molar-refractivity contribution < 1.29 is 9.59 Å². The molecule has 1 aliphatic heterocycles. The molecule has 1 N–H and O–H groups in total. The van der Waals surface area contributed by atoms with Gasteiger partial charge in [-0.05, 0) is 37.1 Å². The highest BCUT2D eigenvalue weighted by Gasteiger charge is 2.27. The van der Waals surface area contributed by atoms with Crippen molar-refractivity contribution in [2.45, 2.75) is 19.3 Å². The first-order valence-electron chi connectivity index (χ1n) is 9.63. The van der Waals surface area contributed by atoms with Gasteiger partial charge in [0.05, 0.1) is 0 Å². The number of aromatic nitrogens is 3. The Morgan fingerprint density at radius 3 is 2.54 bits per heavy atom. The Hall–Kier alpha value is -3.22. The summed E-state index contributed by atoms with van der Waals surface area (Å²) < 4.78 is 1.93. The fourth-order valence-electron chi connectivity index (χ4n) is 3.61. The van der Waals surface area contributed by atoms with E-state index in [2.05, 4.69) is 15.5 Å². The summed E-state index contributed by atoms with van der Waals surface area (Å²) in [6, 6.07) is 15.0. The number of hydrogen-bond donors (Lipinski definition) is 1. The van der Waals surface area contributed by atoms with Crippen LogP contribution in [0.5, 0.6) is 0 Å². The molecule has 144 valence electrons. The molecule has 3 heterocycles. The predicted molar refractivity (Wildman–Crippen MR) is 105 cm³/mol. The molecule has 3 aromatic rings. The van der Waals surface area contributed by atoms with E-state index in [1.54, 1.807) is 0 Å². The first kappa shape index (κ1) is 18.2. The molecule has 0 unspecified atom stereocenters. The minimum absolute atomic E-state index is 0.0399. The average molecular weight is 377 g/mol. The van der Waals surface area contributed by atoms with Gasteiger partial charge in [0.2, 0.25) is 5.91 Å². The molecule has 0 saturated carbocycles. The normalized spacial score (nSPS) is 14.9. The Balaban J connectivity index is 1.25. The van der Waals surface area contributed by atoms with E-state index in [4.69, 9.17) is 0 Å². The maximum Gasteiger partial charge on any atom is 0.253 e. The van der Waals surface area contributed by atoms with Gasteiger partial charge >= 0.3 is 0 Å². The molecule has 7 nitrogen and oxygen atoms in total. The van der Waals surface area contributed by atoms with Crippen LogP contribution >= 0.6 is 0 Å². The van der Waals surface area contributed by atoms with Gasteiger partial charge in [-0.25, -0.2) is 0 Å². The van der Waals surface area contributed by atoms with Crippen LogP contribution in [0, 0.1) is 5.92 Å². The molecule has 7 heteroatoms. The number of nitrogens with one attached hydrogen (secondary N) is 1. The molecule has 2 aromatic heterocycles. The number of piperidine rings is 1. The van der Waals surface area contributed by atoms with E-state index >= 15 is 0 Å². The molecule has 2 amide bonds. The molecule has 0 atom stereocenters. The third kappa shape index (κ3) is 3.88. The van der Waals surface area contributed by atoms with Crippen molar-refractivity contribution in [1.29, 1.82) is 0 Å². The monoisotopic (exact) mass is 377 g/mol. The van der Waals surface area contributed by atoms with Gasteiger partial charge in [-0.15, -0.1) is 10.2 Å². The lowest BCUT2D eigenvalue weighted by Crippen LogP contribution is -2.43. The van der Waals surface area contributed by atoms with E-state index in [0.29, 0.717) is 44.5 Å². The highest BCUT2D eigenvalue weighted by molar-refractivity contribution is 5.94. The first-order valence-corrected chi connectivity index (χ1v) is 9.63. The SMILES string of the molecule is O=C(NCCc1nnc2ccccn12)C1CCN(C(=O)c2ccccc2)CC1. The molecule has 0 aliphatic carbocycles. The topological polar surface area (TPSA) is 79.6 Å². The van der Waals surface area contributed by atoms with Crippen LogP contribution in [0.15, 0.2) is 54.7 Å². The van der Waals surface area contributed by atoms with Gasteiger partial charge < -0.3 is 10.2 Å². The van der Waals surface area contributed by atoms with Gasteiger partial charge in [-0.2, -0.15) is 0 Å². The number of likely N-dealkylation sites (tertiary alicyclic amines) is 1. The van der Waals surface area contributed by atoms with Crippen LogP contribution in [0.25, 0.3) is 5.65 Å². The van der Waals surface area contributed by atoms with E-state index in [9.17, 15) is 9.59 Å². The number of rotatable bonds is 5. The number of pyridine rings is 1. The van der Waals surface area contributed by atoms with Crippen molar-refractivity contribution in [3.05, 3.63) is 66.1 Å². The Bertz CT molecular complexity index is 961. The molecule has 0 bridgehead atoms. The van der Waals surface area contributed by atoms with E-state index in [1.165, 1.54) is 0 Å². The van der Waals surface area contributed by atoms with Crippen LogP contribution in [-0.4, -0.2) is 50.9 Å². The third-order valence-corrected chi connectivity index (χ3v) is 5.21. The largest absolute Gasteiger partial charge is 0.355 e. The quantitative estimate of drug-likeness (QED) is 0.737. The van der Waals surface area contributed by atoms with Gasteiger partial charge in [0, 0.05) is 43.7 Å². The van der Waals surface area contributed by atoms with Crippen molar-refractivity contribution in [2.75, 3.05) is 19.6 Å². The molecule has 0 spiro atoms. The van der Waals surface area contributed by atoms with Crippen LogP contribution in [0.2, 0.25) is 0 Å². The van der Waals surface area contributed by atoms with Gasteiger partial charge in [0.1, 0.15) is 5.82 Å². The Labute approximate surface area is 163 Å². The van der Waals surface area contributed by atoms with Crippen LogP contribution in [-0.2, 0) is 11.2 Å². The summed E-state index contributed by atoms with van der Waals surface area (Å²) in [4.78, 5) is 26.8. The van der Waals surface area contributed by atoms with Gasteiger partial charge in [-0.1, -0.05) is 24.3 Å².